The maximum atomic E-state index is 5.98. The van der Waals surface area contributed by atoms with Gasteiger partial charge in [0.15, 0.2) is 5.82 Å². The molecule has 0 aliphatic carbocycles. The van der Waals surface area contributed by atoms with Crippen LogP contribution in [0.25, 0.3) is 11.4 Å². The van der Waals surface area contributed by atoms with Crippen LogP contribution in [0.5, 0.6) is 0 Å². The number of anilines is 1. The second-order valence-electron chi connectivity index (χ2n) is 4.22. The van der Waals surface area contributed by atoms with E-state index in [1.165, 1.54) is 5.56 Å². The minimum absolute atomic E-state index is 0.636. The van der Waals surface area contributed by atoms with Crippen LogP contribution in [0, 0.1) is 6.92 Å². The van der Waals surface area contributed by atoms with Crippen LogP contribution in [0.2, 0.25) is 0 Å². The van der Waals surface area contributed by atoms with Crippen molar-refractivity contribution in [3.05, 3.63) is 41.1 Å². The Morgan fingerprint density at radius 3 is 2.94 bits per heavy atom. The molecule has 2 N–H and O–H groups in total. The summed E-state index contributed by atoms with van der Waals surface area (Å²) in [6.45, 7) is 2.07. The first-order valence-electron chi connectivity index (χ1n) is 5.54. The first-order chi connectivity index (χ1) is 8.24. The van der Waals surface area contributed by atoms with Crippen LogP contribution in [0.3, 0.4) is 0 Å². The van der Waals surface area contributed by atoms with Crippen LogP contribution in [0.1, 0.15) is 16.8 Å². The maximum absolute atomic E-state index is 5.98. The van der Waals surface area contributed by atoms with Crippen LogP contribution in [0.4, 0.5) is 5.82 Å². The molecular formula is C13H13N3S. The van der Waals surface area contributed by atoms with Crippen molar-refractivity contribution in [2.45, 2.75) is 18.4 Å². The second-order valence-corrected chi connectivity index (χ2v) is 5.21. The molecule has 4 heteroatoms. The fourth-order valence-electron chi connectivity index (χ4n) is 1.99. The Bertz CT molecular complexity index is 581. The SMILES string of the molecule is Cc1cccc(-c2nc(N)c3c(n2)CSC3)c1. The molecule has 0 saturated heterocycles. The summed E-state index contributed by atoms with van der Waals surface area (Å²) < 4.78 is 0. The van der Waals surface area contributed by atoms with E-state index in [-0.39, 0.29) is 0 Å². The molecule has 0 unspecified atom stereocenters. The molecule has 0 saturated carbocycles. The number of fused-ring (bicyclic) bond motifs is 1. The van der Waals surface area contributed by atoms with E-state index in [1.54, 1.807) is 0 Å². The Morgan fingerprint density at radius 1 is 1.24 bits per heavy atom. The summed E-state index contributed by atoms with van der Waals surface area (Å²) in [6.07, 6.45) is 0. The van der Waals surface area contributed by atoms with E-state index >= 15 is 0 Å². The van der Waals surface area contributed by atoms with E-state index in [0.29, 0.717) is 5.82 Å². The third kappa shape index (κ3) is 1.89. The van der Waals surface area contributed by atoms with Crippen molar-refractivity contribution in [1.82, 2.24) is 9.97 Å². The van der Waals surface area contributed by atoms with Gasteiger partial charge in [-0.25, -0.2) is 9.97 Å². The summed E-state index contributed by atoms with van der Waals surface area (Å²) in [5, 5.41) is 0. The lowest BCUT2D eigenvalue weighted by atomic mass is 10.1. The highest BCUT2D eigenvalue weighted by molar-refractivity contribution is 7.98. The van der Waals surface area contributed by atoms with Crippen molar-refractivity contribution in [3.8, 4) is 11.4 Å². The molecule has 1 aliphatic rings. The van der Waals surface area contributed by atoms with Crippen molar-refractivity contribution in [3.63, 3.8) is 0 Å². The first kappa shape index (κ1) is 10.6. The third-order valence-corrected chi connectivity index (χ3v) is 3.86. The highest BCUT2D eigenvalue weighted by atomic mass is 32.2. The predicted molar refractivity (Wildman–Crippen MR) is 71.6 cm³/mol. The number of hydrogen-bond acceptors (Lipinski definition) is 4. The average molecular weight is 243 g/mol. The lowest BCUT2D eigenvalue weighted by Crippen LogP contribution is -2.02. The number of aromatic nitrogens is 2. The summed E-state index contributed by atoms with van der Waals surface area (Å²) in [7, 11) is 0. The van der Waals surface area contributed by atoms with Gasteiger partial charge in [-0.1, -0.05) is 23.8 Å². The van der Waals surface area contributed by atoms with E-state index in [2.05, 4.69) is 29.0 Å². The van der Waals surface area contributed by atoms with Crippen LogP contribution in [-0.4, -0.2) is 9.97 Å². The molecule has 1 aliphatic heterocycles. The number of thioether (sulfide) groups is 1. The normalized spacial score (nSPS) is 13.7. The van der Waals surface area contributed by atoms with Gasteiger partial charge in [0.05, 0.1) is 5.69 Å². The zero-order valence-electron chi connectivity index (χ0n) is 9.60. The quantitative estimate of drug-likeness (QED) is 0.836. The molecule has 0 amide bonds. The molecule has 3 nitrogen and oxygen atoms in total. The molecule has 1 aromatic carbocycles. The van der Waals surface area contributed by atoms with E-state index in [1.807, 2.05) is 23.9 Å². The van der Waals surface area contributed by atoms with E-state index < -0.39 is 0 Å². The zero-order valence-corrected chi connectivity index (χ0v) is 10.4. The smallest absolute Gasteiger partial charge is 0.161 e. The molecule has 0 bridgehead atoms. The Balaban J connectivity index is 2.13. The van der Waals surface area contributed by atoms with Crippen molar-refractivity contribution >= 4 is 17.6 Å². The van der Waals surface area contributed by atoms with Gasteiger partial charge in [-0.3, -0.25) is 0 Å². The minimum Gasteiger partial charge on any atom is -0.383 e. The number of nitrogen functional groups attached to an aromatic ring is 1. The van der Waals surface area contributed by atoms with Gasteiger partial charge in [-0.05, 0) is 13.0 Å². The van der Waals surface area contributed by atoms with Gasteiger partial charge >= 0.3 is 0 Å². The maximum Gasteiger partial charge on any atom is 0.161 e. The summed E-state index contributed by atoms with van der Waals surface area (Å²) in [4.78, 5) is 9.02. The largest absolute Gasteiger partial charge is 0.383 e. The van der Waals surface area contributed by atoms with Crippen LogP contribution in [0.15, 0.2) is 24.3 Å². The van der Waals surface area contributed by atoms with Gasteiger partial charge < -0.3 is 5.73 Å². The van der Waals surface area contributed by atoms with Gasteiger partial charge in [-0.2, -0.15) is 11.8 Å². The molecule has 86 valence electrons. The lowest BCUT2D eigenvalue weighted by molar-refractivity contribution is 1.08. The lowest BCUT2D eigenvalue weighted by Gasteiger charge is -2.06. The number of benzene rings is 1. The molecule has 0 fully saturated rings. The predicted octanol–water partition coefficient (Wildman–Crippen LogP) is 2.78. The van der Waals surface area contributed by atoms with Gasteiger partial charge in [0.2, 0.25) is 0 Å². The fraction of sp³-hybridized carbons (Fsp3) is 0.231. The van der Waals surface area contributed by atoms with Gasteiger partial charge in [0.1, 0.15) is 5.82 Å². The minimum atomic E-state index is 0.636. The zero-order chi connectivity index (χ0) is 11.8. The molecule has 0 radical (unpaired) electrons. The van der Waals surface area contributed by atoms with Gasteiger partial charge in [-0.15, -0.1) is 0 Å². The molecular weight excluding hydrogens is 230 g/mol. The summed E-state index contributed by atoms with van der Waals surface area (Å²) in [6, 6.07) is 8.20. The van der Waals surface area contributed by atoms with Crippen LogP contribution >= 0.6 is 11.8 Å². The summed E-state index contributed by atoms with van der Waals surface area (Å²) >= 11 is 1.84. The van der Waals surface area contributed by atoms with E-state index in [4.69, 9.17) is 5.73 Å². The summed E-state index contributed by atoms with van der Waals surface area (Å²) in [5.41, 5.74) is 10.4. The van der Waals surface area contributed by atoms with E-state index in [0.717, 1.165) is 34.2 Å². The Labute approximate surface area is 104 Å². The van der Waals surface area contributed by atoms with Gasteiger partial charge in [0, 0.05) is 22.6 Å². The monoisotopic (exact) mass is 243 g/mol. The van der Waals surface area contributed by atoms with E-state index in [9.17, 15) is 0 Å². The first-order valence-corrected chi connectivity index (χ1v) is 6.69. The molecule has 17 heavy (non-hydrogen) atoms. The number of hydrogen-bond donors (Lipinski definition) is 1. The number of aryl methyl sites for hydroxylation is 1. The van der Waals surface area contributed by atoms with Crippen molar-refractivity contribution in [2.75, 3.05) is 5.73 Å². The Morgan fingerprint density at radius 2 is 2.12 bits per heavy atom. The Kier molecular flexibility index (Phi) is 2.52. The number of nitrogens with zero attached hydrogens (tertiary/aromatic N) is 2. The number of nitrogens with two attached hydrogens (primary N) is 1. The second kappa shape index (κ2) is 4.04. The van der Waals surface area contributed by atoms with Crippen molar-refractivity contribution in [2.24, 2.45) is 0 Å². The molecule has 2 aromatic rings. The highest BCUT2D eigenvalue weighted by Crippen LogP contribution is 2.33. The average Bonchev–Trinajstić information content (AvgIpc) is 2.77. The highest BCUT2D eigenvalue weighted by Gasteiger charge is 2.18. The topological polar surface area (TPSA) is 51.8 Å². The third-order valence-electron chi connectivity index (χ3n) is 2.89. The van der Waals surface area contributed by atoms with Crippen molar-refractivity contribution in [1.29, 1.82) is 0 Å². The van der Waals surface area contributed by atoms with Gasteiger partial charge in [0.25, 0.3) is 0 Å². The molecule has 1 aromatic heterocycles. The molecule has 3 rings (SSSR count). The molecule has 2 heterocycles. The van der Waals surface area contributed by atoms with Crippen LogP contribution < -0.4 is 5.73 Å². The number of rotatable bonds is 1. The molecule has 0 spiro atoms. The standard InChI is InChI=1S/C13H13N3S/c1-8-3-2-4-9(5-8)13-15-11-7-17-6-10(11)12(14)16-13/h2-5H,6-7H2,1H3,(H2,14,15,16). The fourth-order valence-corrected chi connectivity index (χ4v) is 3.04. The summed E-state index contributed by atoms with van der Waals surface area (Å²) in [5.74, 6) is 3.26. The van der Waals surface area contributed by atoms with Crippen LogP contribution in [-0.2, 0) is 11.5 Å². The molecule has 0 atom stereocenters. The Hall–Kier alpha value is -1.55. The van der Waals surface area contributed by atoms with Crippen molar-refractivity contribution < 1.29 is 0 Å².